The van der Waals surface area contributed by atoms with Crippen molar-refractivity contribution in [3.8, 4) is 5.82 Å². The second-order valence-electron chi connectivity index (χ2n) is 7.51. The number of halogens is 6. The lowest BCUT2D eigenvalue weighted by atomic mass is 10.0. The van der Waals surface area contributed by atoms with Crippen molar-refractivity contribution in [1.29, 1.82) is 0 Å². The van der Waals surface area contributed by atoms with Gasteiger partial charge < -0.3 is 15.0 Å². The summed E-state index contributed by atoms with van der Waals surface area (Å²) >= 11 is 0. The first-order chi connectivity index (χ1) is 16.7. The number of hydrogen-bond acceptors (Lipinski definition) is 7. The highest BCUT2D eigenvalue weighted by Gasteiger charge is 2.37. The smallest absolute Gasteiger partial charge is 0.416 e. The predicted molar refractivity (Wildman–Crippen MR) is 112 cm³/mol. The quantitative estimate of drug-likeness (QED) is 0.395. The van der Waals surface area contributed by atoms with E-state index >= 15 is 0 Å². The van der Waals surface area contributed by atoms with Gasteiger partial charge in [-0.05, 0) is 30.3 Å². The molecule has 2 aromatic heterocycles. The summed E-state index contributed by atoms with van der Waals surface area (Å²) < 4.78 is 84.5. The van der Waals surface area contributed by atoms with Crippen LogP contribution in [0.1, 0.15) is 37.7 Å². The van der Waals surface area contributed by atoms with E-state index in [1.165, 1.54) is 35.0 Å². The maximum Gasteiger partial charge on any atom is 0.416 e. The molecule has 0 radical (unpaired) electrons. The van der Waals surface area contributed by atoms with Crippen LogP contribution in [0.4, 0.5) is 32.3 Å². The molecule has 15 heteroatoms. The highest BCUT2D eigenvalue weighted by molar-refractivity contribution is 5.94. The number of nitrogens with one attached hydrogen (secondary N) is 1. The number of esters is 1. The van der Waals surface area contributed by atoms with E-state index in [0.717, 1.165) is 0 Å². The Morgan fingerprint density at radius 3 is 2.08 bits per heavy atom. The molecule has 1 aromatic carbocycles. The number of carbonyl (C=O) groups excluding carboxylic acids is 2. The van der Waals surface area contributed by atoms with E-state index < -0.39 is 47.5 Å². The second-order valence-corrected chi connectivity index (χ2v) is 7.51. The molecule has 0 spiro atoms. The average molecular weight is 516 g/mol. The fraction of sp³-hybridized carbons (Fsp3) is 0.286. The van der Waals surface area contributed by atoms with Crippen molar-refractivity contribution < 1.29 is 40.7 Å². The number of anilines is 1. The number of alkyl halides is 6. The Balaban J connectivity index is 1.91. The molecule has 192 valence electrons. The van der Waals surface area contributed by atoms with Crippen LogP contribution >= 0.6 is 0 Å². The monoisotopic (exact) mass is 516 g/mol. The van der Waals surface area contributed by atoms with Gasteiger partial charge in [-0.15, -0.1) is 5.10 Å². The predicted octanol–water partition coefficient (Wildman–Crippen LogP) is 3.48. The Bertz CT molecular complexity index is 1240. The summed E-state index contributed by atoms with van der Waals surface area (Å²) in [5.74, 6) is -1.41. The van der Waals surface area contributed by atoms with Crippen molar-refractivity contribution in [2.24, 2.45) is 0 Å². The number of hydrogen-bond donors (Lipinski definition) is 1. The number of rotatable bonds is 6. The Morgan fingerprint density at radius 2 is 1.61 bits per heavy atom. The maximum atomic E-state index is 13.1. The SMILES string of the molecule is COC(=O)c1ccc(-n2nc(N(C)C)nc2CNC(=O)c2cc(C(F)(F)F)cc(C(F)(F)F)c2)nc1. The van der Waals surface area contributed by atoms with E-state index in [9.17, 15) is 35.9 Å². The minimum atomic E-state index is -5.10. The summed E-state index contributed by atoms with van der Waals surface area (Å²) in [5.41, 5.74) is -3.92. The van der Waals surface area contributed by atoms with Crippen LogP contribution in [0.3, 0.4) is 0 Å². The molecule has 0 aliphatic heterocycles. The Labute approximate surface area is 199 Å². The fourth-order valence-corrected chi connectivity index (χ4v) is 2.92. The summed E-state index contributed by atoms with van der Waals surface area (Å²) in [5, 5.41) is 6.48. The van der Waals surface area contributed by atoms with E-state index in [-0.39, 0.29) is 29.2 Å². The second kappa shape index (κ2) is 9.83. The number of ether oxygens (including phenoxy) is 1. The molecule has 1 N–H and O–H groups in total. The molecule has 3 rings (SSSR count). The molecule has 0 aliphatic rings. The number of aromatic nitrogens is 4. The van der Waals surface area contributed by atoms with Crippen LogP contribution in [0.5, 0.6) is 0 Å². The molecule has 0 saturated heterocycles. The molecular weight excluding hydrogens is 498 g/mol. The van der Waals surface area contributed by atoms with Gasteiger partial charge in [0.15, 0.2) is 11.6 Å². The Kier molecular flexibility index (Phi) is 7.22. The van der Waals surface area contributed by atoms with Crippen molar-refractivity contribution >= 4 is 17.8 Å². The number of carbonyl (C=O) groups is 2. The Morgan fingerprint density at radius 1 is 1.00 bits per heavy atom. The third kappa shape index (κ3) is 5.90. The van der Waals surface area contributed by atoms with Crippen LogP contribution in [-0.4, -0.2) is 52.8 Å². The van der Waals surface area contributed by atoms with Crippen LogP contribution in [0.25, 0.3) is 5.82 Å². The largest absolute Gasteiger partial charge is 0.465 e. The molecule has 36 heavy (non-hydrogen) atoms. The topological polar surface area (TPSA) is 102 Å². The maximum absolute atomic E-state index is 13.1. The first kappa shape index (κ1) is 26.4. The molecule has 9 nitrogen and oxygen atoms in total. The van der Waals surface area contributed by atoms with Gasteiger partial charge in [0.25, 0.3) is 5.91 Å². The molecule has 1 amide bonds. The first-order valence-corrected chi connectivity index (χ1v) is 9.96. The molecule has 0 fully saturated rings. The van der Waals surface area contributed by atoms with Gasteiger partial charge in [-0.25, -0.2) is 9.78 Å². The van der Waals surface area contributed by atoms with E-state index in [1.54, 1.807) is 14.1 Å². The highest BCUT2D eigenvalue weighted by Crippen LogP contribution is 2.36. The zero-order valence-electron chi connectivity index (χ0n) is 18.9. The van der Waals surface area contributed by atoms with Crippen molar-refractivity contribution in [3.05, 3.63) is 64.6 Å². The number of amides is 1. The third-order valence-electron chi connectivity index (χ3n) is 4.71. The molecule has 2 heterocycles. The lowest BCUT2D eigenvalue weighted by Crippen LogP contribution is -2.26. The van der Waals surface area contributed by atoms with Gasteiger partial charge in [0.2, 0.25) is 5.95 Å². The van der Waals surface area contributed by atoms with E-state index in [4.69, 9.17) is 0 Å². The normalized spacial score (nSPS) is 11.8. The summed E-state index contributed by atoms with van der Waals surface area (Å²) in [7, 11) is 4.44. The number of benzene rings is 1. The third-order valence-corrected chi connectivity index (χ3v) is 4.71. The zero-order valence-corrected chi connectivity index (χ0v) is 18.9. The van der Waals surface area contributed by atoms with Crippen LogP contribution < -0.4 is 10.2 Å². The highest BCUT2D eigenvalue weighted by atomic mass is 19.4. The van der Waals surface area contributed by atoms with Crippen molar-refractivity contribution in [1.82, 2.24) is 25.1 Å². The standard InChI is InChI=1S/C21H18F6N6O3/c1-32(2)19-30-16(33(31-19)15-5-4-11(9-28-15)18(35)36-3)10-29-17(34)12-6-13(20(22,23)24)8-14(7-12)21(25,26)27/h4-9H,10H2,1-3H3,(H,29,34). The van der Waals surface area contributed by atoms with Gasteiger partial charge >= 0.3 is 18.3 Å². The van der Waals surface area contributed by atoms with Gasteiger partial charge in [-0.3, -0.25) is 4.79 Å². The van der Waals surface area contributed by atoms with Crippen LogP contribution in [0, 0.1) is 0 Å². The zero-order chi connectivity index (χ0) is 26.8. The minimum Gasteiger partial charge on any atom is -0.465 e. The summed E-state index contributed by atoms with van der Waals surface area (Å²) in [6, 6.07) is 3.39. The van der Waals surface area contributed by atoms with Gasteiger partial charge in [-0.1, -0.05) is 0 Å². The van der Waals surface area contributed by atoms with E-state index in [1.807, 2.05) is 0 Å². The van der Waals surface area contributed by atoms with Crippen LogP contribution in [-0.2, 0) is 23.6 Å². The number of methoxy groups -OCH3 is 1. The average Bonchev–Trinajstić information content (AvgIpc) is 3.25. The summed E-state index contributed by atoms with van der Waals surface area (Å²) in [6.07, 6.45) is -8.99. The molecule has 0 bridgehead atoms. The van der Waals surface area contributed by atoms with Gasteiger partial charge in [0.05, 0.1) is 30.3 Å². The van der Waals surface area contributed by atoms with Crippen molar-refractivity contribution in [2.45, 2.75) is 18.9 Å². The van der Waals surface area contributed by atoms with Gasteiger partial charge in [0.1, 0.15) is 0 Å². The molecular formula is C21H18F6N6O3. The minimum absolute atomic E-state index is 0.0633. The van der Waals surface area contributed by atoms with E-state index in [2.05, 4.69) is 25.1 Å². The van der Waals surface area contributed by atoms with Crippen molar-refractivity contribution in [3.63, 3.8) is 0 Å². The van der Waals surface area contributed by atoms with E-state index in [0.29, 0.717) is 12.1 Å². The molecule has 0 aliphatic carbocycles. The summed E-state index contributed by atoms with van der Waals surface area (Å²) in [4.78, 5) is 34.0. The number of nitrogens with zero attached hydrogens (tertiary/aromatic N) is 5. The molecule has 0 saturated carbocycles. The Hall–Kier alpha value is -4.17. The summed E-state index contributed by atoms with van der Waals surface area (Å²) in [6.45, 7) is -0.419. The lowest BCUT2D eigenvalue weighted by Gasteiger charge is -2.14. The van der Waals surface area contributed by atoms with Gasteiger partial charge in [-0.2, -0.15) is 36.0 Å². The van der Waals surface area contributed by atoms with Crippen molar-refractivity contribution in [2.75, 3.05) is 26.1 Å². The molecule has 0 atom stereocenters. The van der Waals surface area contributed by atoms with Crippen LogP contribution in [0.15, 0.2) is 36.5 Å². The van der Waals surface area contributed by atoms with Gasteiger partial charge in [0, 0.05) is 25.9 Å². The molecule has 3 aromatic rings. The fourth-order valence-electron chi connectivity index (χ4n) is 2.92. The first-order valence-electron chi connectivity index (χ1n) is 9.96. The molecule has 0 unspecified atom stereocenters. The van der Waals surface area contributed by atoms with Crippen LogP contribution in [0.2, 0.25) is 0 Å². The number of pyridine rings is 1. The lowest BCUT2D eigenvalue weighted by molar-refractivity contribution is -0.143.